The Labute approximate surface area is 170 Å². The Morgan fingerprint density at radius 2 is 1.96 bits per heavy atom. The number of aromatic nitrogens is 3. The molecule has 6 nitrogen and oxygen atoms in total. The largest absolute Gasteiger partial charge is 0.394 e. The van der Waals surface area contributed by atoms with Gasteiger partial charge in [0.2, 0.25) is 5.95 Å². The Morgan fingerprint density at radius 1 is 1.21 bits per heavy atom. The van der Waals surface area contributed by atoms with Gasteiger partial charge in [-0.1, -0.05) is 43.5 Å². The van der Waals surface area contributed by atoms with E-state index in [1.54, 1.807) is 6.20 Å². The van der Waals surface area contributed by atoms with Crippen LogP contribution < -0.4 is 11.1 Å². The average Bonchev–Trinajstić information content (AvgIpc) is 2.68. The lowest BCUT2D eigenvalue weighted by Gasteiger charge is -2.30. The third kappa shape index (κ3) is 4.88. The predicted octanol–water partition coefficient (Wildman–Crippen LogP) is 4.20. The van der Waals surface area contributed by atoms with Gasteiger partial charge in [-0.05, 0) is 37.1 Å². The van der Waals surface area contributed by atoms with Crippen LogP contribution in [0.25, 0.3) is 10.9 Å². The van der Waals surface area contributed by atoms with E-state index >= 15 is 0 Å². The number of unbranched alkanes of at least 4 members (excludes halogenated alkanes) is 1. The molecule has 3 rings (SSSR count). The van der Waals surface area contributed by atoms with Gasteiger partial charge in [0, 0.05) is 22.5 Å². The summed E-state index contributed by atoms with van der Waals surface area (Å²) in [6.07, 6.45) is 5.27. The van der Waals surface area contributed by atoms with Gasteiger partial charge in [0.05, 0.1) is 23.9 Å². The van der Waals surface area contributed by atoms with Crippen LogP contribution in [0.4, 0.5) is 11.8 Å². The minimum Gasteiger partial charge on any atom is -0.394 e. The standard InChI is InChI=1S/C21H26ClN5O/c1-3-4-9-21(2,13-28)27-19-17-11-16(10-14-5-7-15(22)8-6-14)24-12-18(17)25-20(23)26-19/h5-8,11-12,28H,3-4,9-10,13H2,1-2H3,(H3,23,25,26,27)/t21-/m1/s1. The van der Waals surface area contributed by atoms with Crippen molar-refractivity contribution in [3.8, 4) is 0 Å². The highest BCUT2D eigenvalue weighted by molar-refractivity contribution is 6.30. The van der Waals surface area contributed by atoms with Crippen molar-refractivity contribution in [2.45, 2.75) is 45.1 Å². The van der Waals surface area contributed by atoms with Crippen LogP contribution in [0.3, 0.4) is 0 Å². The summed E-state index contributed by atoms with van der Waals surface area (Å²) in [5.74, 6) is 0.799. The number of nitrogen functional groups attached to an aromatic ring is 1. The fraction of sp³-hybridized carbons (Fsp3) is 0.381. The Morgan fingerprint density at radius 3 is 2.64 bits per heavy atom. The van der Waals surface area contributed by atoms with Crippen molar-refractivity contribution in [1.82, 2.24) is 15.0 Å². The number of halogens is 1. The highest BCUT2D eigenvalue weighted by Gasteiger charge is 2.24. The van der Waals surface area contributed by atoms with E-state index in [-0.39, 0.29) is 12.6 Å². The molecule has 0 unspecified atom stereocenters. The highest BCUT2D eigenvalue weighted by atomic mass is 35.5. The summed E-state index contributed by atoms with van der Waals surface area (Å²) in [7, 11) is 0. The number of nitrogens with one attached hydrogen (secondary N) is 1. The molecular weight excluding hydrogens is 374 g/mol. The molecule has 0 aliphatic heterocycles. The molecule has 0 bridgehead atoms. The van der Waals surface area contributed by atoms with Crippen LogP contribution in [0.5, 0.6) is 0 Å². The third-order valence-electron chi connectivity index (χ3n) is 4.81. The van der Waals surface area contributed by atoms with Crippen molar-refractivity contribution in [3.05, 3.63) is 52.8 Å². The molecule has 3 aromatic rings. The number of aliphatic hydroxyl groups is 1. The van der Waals surface area contributed by atoms with E-state index in [0.717, 1.165) is 35.9 Å². The van der Waals surface area contributed by atoms with Crippen LogP contribution in [-0.2, 0) is 6.42 Å². The van der Waals surface area contributed by atoms with Crippen molar-refractivity contribution in [2.24, 2.45) is 0 Å². The Kier molecular flexibility index (Phi) is 6.31. The summed E-state index contributed by atoms with van der Waals surface area (Å²) >= 11 is 5.97. The molecule has 4 N–H and O–H groups in total. The van der Waals surface area contributed by atoms with Crippen molar-refractivity contribution >= 4 is 34.3 Å². The number of benzene rings is 1. The number of hydrogen-bond acceptors (Lipinski definition) is 6. The van der Waals surface area contributed by atoms with Gasteiger partial charge in [-0.3, -0.25) is 4.98 Å². The van der Waals surface area contributed by atoms with Gasteiger partial charge < -0.3 is 16.2 Å². The first-order chi connectivity index (χ1) is 13.4. The van der Waals surface area contributed by atoms with Gasteiger partial charge in [0.1, 0.15) is 5.82 Å². The van der Waals surface area contributed by atoms with Gasteiger partial charge in [-0.15, -0.1) is 0 Å². The molecule has 2 heterocycles. The second-order valence-electron chi connectivity index (χ2n) is 7.37. The van der Waals surface area contributed by atoms with Crippen LogP contribution in [0.1, 0.15) is 44.4 Å². The smallest absolute Gasteiger partial charge is 0.222 e. The van der Waals surface area contributed by atoms with Crippen molar-refractivity contribution in [3.63, 3.8) is 0 Å². The molecule has 0 amide bonds. The van der Waals surface area contributed by atoms with Crippen LogP contribution in [0.15, 0.2) is 36.5 Å². The molecule has 1 atom stereocenters. The summed E-state index contributed by atoms with van der Waals surface area (Å²) in [5, 5.41) is 14.9. The first-order valence-electron chi connectivity index (χ1n) is 9.48. The average molecular weight is 400 g/mol. The summed E-state index contributed by atoms with van der Waals surface area (Å²) in [6, 6.07) is 9.69. The minimum absolute atomic E-state index is 0.00111. The molecule has 2 aromatic heterocycles. The number of aliphatic hydroxyl groups excluding tert-OH is 1. The molecule has 148 valence electrons. The van der Waals surface area contributed by atoms with E-state index < -0.39 is 5.54 Å². The van der Waals surface area contributed by atoms with Gasteiger partial charge >= 0.3 is 0 Å². The number of nitrogens with two attached hydrogens (primary N) is 1. The second kappa shape index (κ2) is 8.71. The van der Waals surface area contributed by atoms with Crippen molar-refractivity contribution in [2.75, 3.05) is 17.7 Å². The van der Waals surface area contributed by atoms with E-state index in [0.29, 0.717) is 22.8 Å². The third-order valence-corrected chi connectivity index (χ3v) is 5.06. The van der Waals surface area contributed by atoms with Crippen molar-refractivity contribution < 1.29 is 5.11 Å². The molecule has 28 heavy (non-hydrogen) atoms. The maximum Gasteiger partial charge on any atom is 0.222 e. The SMILES string of the molecule is CCCC[C@](C)(CO)Nc1nc(N)nc2cnc(Cc3ccc(Cl)cc3)cc12. The number of rotatable bonds is 8. The first kappa shape index (κ1) is 20.3. The number of nitrogens with zero attached hydrogens (tertiary/aromatic N) is 3. The Balaban J connectivity index is 1.95. The Bertz CT molecular complexity index is 947. The second-order valence-corrected chi connectivity index (χ2v) is 7.81. The fourth-order valence-electron chi connectivity index (χ4n) is 3.13. The first-order valence-corrected chi connectivity index (χ1v) is 9.86. The maximum atomic E-state index is 9.93. The molecular formula is C21H26ClN5O. The number of pyridine rings is 1. The maximum absolute atomic E-state index is 9.93. The molecule has 0 spiro atoms. The van der Waals surface area contributed by atoms with Gasteiger partial charge in [0.25, 0.3) is 0 Å². The lowest BCUT2D eigenvalue weighted by molar-refractivity contribution is 0.212. The predicted molar refractivity (Wildman–Crippen MR) is 115 cm³/mol. The van der Waals surface area contributed by atoms with Crippen LogP contribution in [0.2, 0.25) is 5.02 Å². The quantitative estimate of drug-likeness (QED) is 0.525. The lowest BCUT2D eigenvalue weighted by Crippen LogP contribution is -2.39. The van der Waals surface area contributed by atoms with E-state index in [1.165, 1.54) is 0 Å². The van der Waals surface area contributed by atoms with E-state index in [2.05, 4.69) is 27.2 Å². The fourth-order valence-corrected chi connectivity index (χ4v) is 3.26. The van der Waals surface area contributed by atoms with Crippen LogP contribution >= 0.6 is 11.6 Å². The molecule has 1 aromatic carbocycles. The zero-order valence-electron chi connectivity index (χ0n) is 16.2. The number of hydrogen-bond donors (Lipinski definition) is 3. The van der Waals surface area contributed by atoms with E-state index in [9.17, 15) is 5.11 Å². The van der Waals surface area contributed by atoms with E-state index in [1.807, 2.05) is 37.3 Å². The molecule has 0 saturated carbocycles. The van der Waals surface area contributed by atoms with Crippen LogP contribution in [-0.4, -0.2) is 32.2 Å². The van der Waals surface area contributed by atoms with Crippen LogP contribution in [0, 0.1) is 0 Å². The summed E-state index contributed by atoms with van der Waals surface area (Å²) in [4.78, 5) is 13.2. The zero-order valence-corrected chi connectivity index (χ0v) is 17.0. The van der Waals surface area contributed by atoms with E-state index in [4.69, 9.17) is 17.3 Å². The summed E-state index contributed by atoms with van der Waals surface area (Å²) in [6.45, 7) is 4.12. The van der Waals surface area contributed by atoms with Crippen molar-refractivity contribution in [1.29, 1.82) is 0 Å². The molecule has 0 radical (unpaired) electrons. The molecule has 7 heteroatoms. The van der Waals surface area contributed by atoms with Gasteiger partial charge in [0.15, 0.2) is 0 Å². The minimum atomic E-state index is -0.483. The monoisotopic (exact) mass is 399 g/mol. The molecule has 0 fully saturated rings. The molecule has 0 aliphatic carbocycles. The topological polar surface area (TPSA) is 97.0 Å². The zero-order chi connectivity index (χ0) is 20.1. The van der Waals surface area contributed by atoms with Gasteiger partial charge in [-0.2, -0.15) is 4.98 Å². The summed E-state index contributed by atoms with van der Waals surface area (Å²) in [5.41, 5.74) is 8.09. The molecule has 0 saturated heterocycles. The summed E-state index contributed by atoms with van der Waals surface area (Å²) < 4.78 is 0. The number of fused-ring (bicyclic) bond motifs is 1. The molecule has 0 aliphatic rings. The number of anilines is 2. The normalized spacial score (nSPS) is 13.4. The Hall–Kier alpha value is -2.44. The highest BCUT2D eigenvalue weighted by Crippen LogP contribution is 2.27. The lowest BCUT2D eigenvalue weighted by atomic mass is 9.95. The van der Waals surface area contributed by atoms with Gasteiger partial charge in [-0.25, -0.2) is 4.98 Å².